The molecule has 3 aromatic rings. The third kappa shape index (κ3) is 8.22. The largest absolute Gasteiger partial charge is 0.354 e. The van der Waals surface area contributed by atoms with Crippen LogP contribution in [0, 0.1) is 19.8 Å². The van der Waals surface area contributed by atoms with Crippen molar-refractivity contribution in [2.45, 2.75) is 52.1 Å². The van der Waals surface area contributed by atoms with Gasteiger partial charge in [0.25, 0.3) is 10.0 Å². The van der Waals surface area contributed by atoms with Crippen molar-refractivity contribution in [3.63, 3.8) is 0 Å². The fourth-order valence-corrected chi connectivity index (χ4v) is 6.00. The molecule has 214 valence electrons. The van der Waals surface area contributed by atoms with Crippen LogP contribution in [0.15, 0.2) is 71.6 Å². The molecule has 0 fully saturated rings. The van der Waals surface area contributed by atoms with Crippen LogP contribution in [0.5, 0.6) is 0 Å². The highest BCUT2D eigenvalue weighted by molar-refractivity contribution is 7.92. The van der Waals surface area contributed by atoms with E-state index in [2.05, 4.69) is 5.32 Å². The van der Waals surface area contributed by atoms with Crippen LogP contribution in [0.3, 0.4) is 0 Å². The van der Waals surface area contributed by atoms with Crippen LogP contribution in [0.2, 0.25) is 10.0 Å². The van der Waals surface area contributed by atoms with Crippen LogP contribution in [0.4, 0.5) is 5.69 Å². The van der Waals surface area contributed by atoms with Gasteiger partial charge in [-0.1, -0.05) is 84.6 Å². The summed E-state index contributed by atoms with van der Waals surface area (Å²) in [6.07, 6.45) is 0. The van der Waals surface area contributed by atoms with Crippen LogP contribution in [-0.2, 0) is 26.2 Å². The number of hydrogen-bond acceptors (Lipinski definition) is 4. The number of sulfonamides is 1. The van der Waals surface area contributed by atoms with E-state index < -0.39 is 28.5 Å². The monoisotopic (exact) mass is 603 g/mol. The third-order valence-electron chi connectivity index (χ3n) is 6.31. The molecule has 0 spiro atoms. The Labute approximate surface area is 247 Å². The van der Waals surface area contributed by atoms with Gasteiger partial charge in [0, 0.05) is 23.1 Å². The minimum atomic E-state index is -4.21. The summed E-state index contributed by atoms with van der Waals surface area (Å²) in [6, 6.07) is 17.4. The van der Waals surface area contributed by atoms with Crippen LogP contribution < -0.4 is 9.62 Å². The molecule has 0 aromatic heterocycles. The summed E-state index contributed by atoms with van der Waals surface area (Å²) in [5.41, 5.74) is 2.84. The zero-order chi connectivity index (χ0) is 29.6. The molecule has 40 heavy (non-hydrogen) atoms. The summed E-state index contributed by atoms with van der Waals surface area (Å²) < 4.78 is 28.8. The third-order valence-corrected chi connectivity index (χ3v) is 8.53. The number of hydrogen-bond donors (Lipinski definition) is 1. The van der Waals surface area contributed by atoms with E-state index in [0.717, 1.165) is 21.0 Å². The smallest absolute Gasteiger partial charge is 0.264 e. The van der Waals surface area contributed by atoms with Crippen LogP contribution in [-0.4, -0.2) is 44.3 Å². The Balaban J connectivity index is 2.05. The molecule has 2 amide bonds. The van der Waals surface area contributed by atoms with Crippen molar-refractivity contribution < 1.29 is 18.0 Å². The second kappa shape index (κ2) is 13.5. The lowest BCUT2D eigenvalue weighted by molar-refractivity contribution is -0.139. The highest BCUT2D eigenvalue weighted by Crippen LogP contribution is 2.30. The number of halogens is 2. The van der Waals surface area contributed by atoms with Crippen molar-refractivity contribution in [2.75, 3.05) is 17.4 Å². The molecule has 10 heteroatoms. The number of nitrogens with zero attached hydrogens (tertiary/aromatic N) is 2. The van der Waals surface area contributed by atoms with Gasteiger partial charge in [-0.25, -0.2) is 8.42 Å². The molecule has 1 unspecified atom stereocenters. The maximum absolute atomic E-state index is 14.0. The highest BCUT2D eigenvalue weighted by Gasteiger charge is 2.33. The van der Waals surface area contributed by atoms with E-state index in [4.69, 9.17) is 23.2 Å². The zero-order valence-electron chi connectivity index (χ0n) is 23.3. The van der Waals surface area contributed by atoms with Crippen molar-refractivity contribution in [3.8, 4) is 0 Å². The Morgan fingerprint density at radius 1 is 0.875 bits per heavy atom. The quantitative estimate of drug-likeness (QED) is 0.291. The van der Waals surface area contributed by atoms with Gasteiger partial charge in [0.15, 0.2) is 0 Å². The summed E-state index contributed by atoms with van der Waals surface area (Å²) in [5.74, 6) is -0.659. The van der Waals surface area contributed by atoms with E-state index in [1.54, 1.807) is 19.1 Å². The number of carbonyl (C=O) groups is 2. The average Bonchev–Trinajstić information content (AvgIpc) is 2.88. The summed E-state index contributed by atoms with van der Waals surface area (Å²) in [6.45, 7) is 9.38. The van der Waals surface area contributed by atoms with E-state index in [1.165, 1.54) is 35.2 Å². The maximum atomic E-state index is 14.0. The molecule has 0 aliphatic heterocycles. The Hall–Kier alpha value is -3.07. The van der Waals surface area contributed by atoms with Gasteiger partial charge in [0.1, 0.15) is 12.6 Å². The van der Waals surface area contributed by atoms with Gasteiger partial charge in [0.05, 0.1) is 10.6 Å². The fourth-order valence-electron chi connectivity index (χ4n) is 4.09. The van der Waals surface area contributed by atoms with Crippen molar-refractivity contribution in [3.05, 3.63) is 93.5 Å². The number of aryl methyl sites for hydroxylation is 2. The average molecular weight is 605 g/mol. The topological polar surface area (TPSA) is 86.8 Å². The lowest BCUT2D eigenvalue weighted by Gasteiger charge is -2.32. The SMILES string of the molecule is Cc1ccc(S(=O)(=O)N(CC(=O)N(Cc2cccc(C)c2)C(C)C(=O)NCC(C)C)c2cc(Cl)cc(Cl)c2)cc1. The number of nitrogens with one attached hydrogen (secondary N) is 1. The Morgan fingerprint density at radius 2 is 1.50 bits per heavy atom. The molecule has 0 saturated heterocycles. The van der Waals surface area contributed by atoms with E-state index in [9.17, 15) is 18.0 Å². The number of amides is 2. The van der Waals surface area contributed by atoms with E-state index in [-0.39, 0.29) is 39.0 Å². The van der Waals surface area contributed by atoms with Crippen LogP contribution in [0.1, 0.15) is 37.5 Å². The molecule has 0 bridgehead atoms. The molecule has 3 rings (SSSR count). The molecule has 3 aromatic carbocycles. The van der Waals surface area contributed by atoms with Crippen molar-refractivity contribution in [1.29, 1.82) is 0 Å². The summed E-state index contributed by atoms with van der Waals surface area (Å²) in [5, 5.41) is 3.32. The van der Waals surface area contributed by atoms with Crippen LogP contribution in [0.25, 0.3) is 0 Å². The first-order chi connectivity index (χ1) is 18.8. The van der Waals surface area contributed by atoms with Gasteiger partial charge in [-0.15, -0.1) is 0 Å². The molecule has 1 atom stereocenters. The fraction of sp³-hybridized carbons (Fsp3) is 0.333. The summed E-state index contributed by atoms with van der Waals surface area (Å²) in [4.78, 5) is 28.5. The number of rotatable bonds is 11. The zero-order valence-corrected chi connectivity index (χ0v) is 25.6. The summed E-state index contributed by atoms with van der Waals surface area (Å²) in [7, 11) is -4.21. The first kappa shape index (κ1) is 31.5. The van der Waals surface area contributed by atoms with Crippen molar-refractivity contribution >= 4 is 50.7 Å². The van der Waals surface area contributed by atoms with Gasteiger partial charge >= 0.3 is 0 Å². The van der Waals surface area contributed by atoms with E-state index >= 15 is 0 Å². The Kier molecular flexibility index (Phi) is 10.6. The predicted molar refractivity (Wildman–Crippen MR) is 161 cm³/mol. The summed E-state index contributed by atoms with van der Waals surface area (Å²) >= 11 is 12.5. The van der Waals surface area contributed by atoms with E-state index in [0.29, 0.717) is 6.54 Å². The van der Waals surface area contributed by atoms with Crippen LogP contribution >= 0.6 is 23.2 Å². The molecule has 1 N–H and O–H groups in total. The molecular weight excluding hydrogens is 569 g/mol. The molecular formula is C30H35Cl2N3O4S. The Morgan fingerprint density at radius 3 is 2.08 bits per heavy atom. The second-order valence-corrected chi connectivity index (χ2v) is 13.0. The van der Waals surface area contributed by atoms with Gasteiger partial charge in [-0.3, -0.25) is 13.9 Å². The molecule has 0 saturated carbocycles. The number of carbonyl (C=O) groups excluding carboxylic acids is 2. The van der Waals surface area contributed by atoms with Gasteiger partial charge < -0.3 is 10.2 Å². The lowest BCUT2D eigenvalue weighted by atomic mass is 10.1. The molecule has 0 heterocycles. The number of anilines is 1. The van der Waals surface area contributed by atoms with Gasteiger partial charge in [0.2, 0.25) is 11.8 Å². The standard InChI is InChI=1S/C30H35Cl2N3O4S/c1-20(2)17-33-30(37)23(5)34(18-24-8-6-7-22(4)13-24)29(36)19-35(27-15-25(31)14-26(32)16-27)40(38,39)28-11-9-21(3)10-12-28/h6-16,20,23H,17-19H2,1-5H3,(H,33,37). The minimum absolute atomic E-state index is 0.00922. The van der Waals surface area contributed by atoms with E-state index in [1.807, 2.05) is 52.0 Å². The van der Waals surface area contributed by atoms with Crippen molar-refractivity contribution in [2.24, 2.45) is 5.92 Å². The predicted octanol–water partition coefficient (Wildman–Crippen LogP) is 6.00. The highest BCUT2D eigenvalue weighted by atomic mass is 35.5. The van der Waals surface area contributed by atoms with Crippen molar-refractivity contribution in [1.82, 2.24) is 10.2 Å². The minimum Gasteiger partial charge on any atom is -0.354 e. The molecule has 0 aliphatic carbocycles. The van der Waals surface area contributed by atoms with Gasteiger partial charge in [-0.05, 0) is 62.6 Å². The Bertz CT molecular complexity index is 1440. The first-order valence-corrected chi connectivity index (χ1v) is 15.2. The lowest BCUT2D eigenvalue weighted by Crippen LogP contribution is -2.51. The normalized spacial score (nSPS) is 12.2. The number of benzene rings is 3. The maximum Gasteiger partial charge on any atom is 0.264 e. The first-order valence-electron chi connectivity index (χ1n) is 13.0. The molecule has 0 aliphatic rings. The molecule has 7 nitrogen and oxygen atoms in total. The van der Waals surface area contributed by atoms with Gasteiger partial charge in [-0.2, -0.15) is 0 Å². The molecule has 0 radical (unpaired) electrons. The second-order valence-electron chi connectivity index (χ2n) is 10.3.